The Labute approximate surface area is 153 Å². The van der Waals surface area contributed by atoms with Gasteiger partial charge in [0.15, 0.2) is 0 Å². The Morgan fingerprint density at radius 1 is 0.731 bits per heavy atom. The van der Waals surface area contributed by atoms with Crippen LogP contribution in [0.3, 0.4) is 0 Å². The molecule has 0 saturated heterocycles. The van der Waals surface area contributed by atoms with E-state index in [4.69, 9.17) is 0 Å². The summed E-state index contributed by atoms with van der Waals surface area (Å²) in [6, 6.07) is 14.7. The fourth-order valence-corrected chi connectivity index (χ4v) is 4.05. The van der Waals surface area contributed by atoms with E-state index < -0.39 is 0 Å². The molecule has 0 fully saturated rings. The number of nitrogens with zero attached hydrogens (tertiary/aromatic N) is 3. The molecule has 126 valence electrons. The first-order valence-electron chi connectivity index (χ1n) is 8.92. The van der Waals surface area contributed by atoms with Crippen LogP contribution < -0.4 is 0 Å². The first kappa shape index (κ1) is 17.5. The van der Waals surface area contributed by atoms with E-state index in [0.717, 1.165) is 34.6 Å². The quantitative estimate of drug-likeness (QED) is 0.609. The lowest BCUT2D eigenvalue weighted by atomic mass is 9.83. The lowest BCUT2D eigenvalue weighted by molar-refractivity contribution is 1.11. The number of fused-ring (bicyclic) bond motifs is 2. The second kappa shape index (κ2) is 6.87. The standard InChI is InChI=1S/C23H19N3/c1-4-14-8-7-9-15-10-18-20(12-25)21(13-26)19(11-24)16(5-2)23(18)17(6-3)22(14)15/h7-10H,4-6H2,1-3H3. The number of hydrogen-bond donors (Lipinski definition) is 0. The number of rotatable bonds is 3. The Hall–Kier alpha value is -3.35. The van der Waals surface area contributed by atoms with Crippen LogP contribution in [0.1, 0.15) is 54.2 Å². The van der Waals surface area contributed by atoms with Crippen LogP contribution in [-0.4, -0.2) is 0 Å². The molecule has 0 spiro atoms. The smallest absolute Gasteiger partial charge is 0.102 e. The van der Waals surface area contributed by atoms with Crippen molar-refractivity contribution in [3.63, 3.8) is 0 Å². The summed E-state index contributed by atoms with van der Waals surface area (Å²) in [5.74, 6) is 0. The molecule has 0 atom stereocenters. The van der Waals surface area contributed by atoms with Crippen molar-refractivity contribution in [2.24, 2.45) is 0 Å². The third-order valence-corrected chi connectivity index (χ3v) is 5.15. The van der Waals surface area contributed by atoms with Crippen molar-refractivity contribution in [2.75, 3.05) is 0 Å². The van der Waals surface area contributed by atoms with Gasteiger partial charge in [0.2, 0.25) is 0 Å². The minimum Gasteiger partial charge on any atom is -0.192 e. The fraction of sp³-hybridized carbons (Fsp3) is 0.261. The molecule has 0 bridgehead atoms. The van der Waals surface area contributed by atoms with Crippen molar-refractivity contribution in [2.45, 2.75) is 40.0 Å². The Morgan fingerprint density at radius 3 is 1.92 bits per heavy atom. The Morgan fingerprint density at radius 2 is 1.38 bits per heavy atom. The second-order valence-corrected chi connectivity index (χ2v) is 6.29. The van der Waals surface area contributed by atoms with Gasteiger partial charge in [0.1, 0.15) is 18.2 Å². The minimum absolute atomic E-state index is 0.201. The molecule has 3 aromatic rings. The second-order valence-electron chi connectivity index (χ2n) is 6.29. The zero-order chi connectivity index (χ0) is 18.8. The van der Waals surface area contributed by atoms with E-state index in [1.165, 1.54) is 16.5 Å². The van der Waals surface area contributed by atoms with Gasteiger partial charge in [-0.3, -0.25) is 0 Å². The van der Waals surface area contributed by atoms with Crippen molar-refractivity contribution in [3.8, 4) is 18.2 Å². The molecule has 0 aromatic heterocycles. The predicted molar refractivity (Wildman–Crippen MR) is 104 cm³/mol. The van der Waals surface area contributed by atoms with Gasteiger partial charge >= 0.3 is 0 Å². The average Bonchev–Trinajstić information content (AvgIpc) is 2.69. The third-order valence-electron chi connectivity index (χ3n) is 5.15. The van der Waals surface area contributed by atoms with Crippen molar-refractivity contribution in [3.05, 3.63) is 57.6 Å². The SMILES string of the molecule is CCc1cccc2cc3c(C#N)c(C#N)c(C#N)c(CC)c3c(CC)c12. The molecule has 0 amide bonds. The summed E-state index contributed by atoms with van der Waals surface area (Å²) in [4.78, 5) is 0. The molecule has 0 N–H and O–H groups in total. The summed E-state index contributed by atoms with van der Waals surface area (Å²) in [6.45, 7) is 6.24. The normalized spacial score (nSPS) is 10.5. The van der Waals surface area contributed by atoms with Crippen LogP contribution in [0.25, 0.3) is 21.5 Å². The van der Waals surface area contributed by atoms with Gasteiger partial charge in [-0.05, 0) is 58.2 Å². The highest BCUT2D eigenvalue weighted by Gasteiger charge is 2.22. The van der Waals surface area contributed by atoms with Crippen LogP contribution in [0.15, 0.2) is 24.3 Å². The summed E-state index contributed by atoms with van der Waals surface area (Å²) >= 11 is 0. The molecule has 3 aromatic carbocycles. The van der Waals surface area contributed by atoms with E-state index in [1.807, 2.05) is 19.1 Å². The molecule has 3 rings (SSSR count). The Balaban J connectivity index is 2.76. The van der Waals surface area contributed by atoms with Gasteiger partial charge in [-0.25, -0.2) is 0 Å². The molecule has 0 unspecified atom stereocenters. The summed E-state index contributed by atoms with van der Waals surface area (Å²) < 4.78 is 0. The molecule has 26 heavy (non-hydrogen) atoms. The topological polar surface area (TPSA) is 71.4 Å². The van der Waals surface area contributed by atoms with Gasteiger partial charge in [0, 0.05) is 5.39 Å². The number of aryl methyl sites for hydroxylation is 3. The number of nitriles is 3. The molecule has 0 aliphatic carbocycles. The van der Waals surface area contributed by atoms with E-state index in [-0.39, 0.29) is 5.56 Å². The maximum atomic E-state index is 9.76. The van der Waals surface area contributed by atoms with E-state index >= 15 is 0 Å². The lowest BCUT2D eigenvalue weighted by Crippen LogP contribution is -2.03. The average molecular weight is 337 g/mol. The van der Waals surface area contributed by atoms with Crippen molar-refractivity contribution in [1.82, 2.24) is 0 Å². The third kappa shape index (κ3) is 2.32. The van der Waals surface area contributed by atoms with Crippen molar-refractivity contribution in [1.29, 1.82) is 15.8 Å². The highest BCUT2D eigenvalue weighted by atomic mass is 14.3. The molecule has 0 aliphatic rings. The predicted octanol–water partition coefficient (Wildman–Crippen LogP) is 5.30. The molecule has 3 nitrogen and oxygen atoms in total. The number of hydrogen-bond acceptors (Lipinski definition) is 3. The van der Waals surface area contributed by atoms with E-state index in [1.54, 1.807) is 0 Å². The van der Waals surface area contributed by atoms with Crippen LogP contribution in [0.2, 0.25) is 0 Å². The van der Waals surface area contributed by atoms with Crippen LogP contribution in [0.5, 0.6) is 0 Å². The summed E-state index contributed by atoms with van der Waals surface area (Å²) in [5, 5.41) is 33.2. The maximum Gasteiger partial charge on any atom is 0.102 e. The molecule has 0 aliphatic heterocycles. The first-order valence-corrected chi connectivity index (χ1v) is 8.92. The lowest BCUT2D eigenvalue weighted by Gasteiger charge is -2.18. The highest BCUT2D eigenvalue weighted by Crippen LogP contribution is 2.38. The molecular weight excluding hydrogens is 318 g/mol. The maximum absolute atomic E-state index is 9.76. The number of benzene rings is 3. The van der Waals surface area contributed by atoms with Crippen molar-refractivity contribution < 1.29 is 0 Å². The van der Waals surface area contributed by atoms with Gasteiger partial charge < -0.3 is 0 Å². The molecule has 0 saturated carbocycles. The van der Waals surface area contributed by atoms with Crippen molar-refractivity contribution >= 4 is 21.5 Å². The zero-order valence-corrected chi connectivity index (χ0v) is 15.3. The van der Waals surface area contributed by atoms with E-state index in [9.17, 15) is 15.8 Å². The van der Waals surface area contributed by atoms with Crippen LogP contribution in [0, 0.1) is 34.0 Å². The molecule has 0 heterocycles. The summed E-state index contributed by atoms with van der Waals surface area (Å²) in [7, 11) is 0. The van der Waals surface area contributed by atoms with E-state index in [0.29, 0.717) is 17.5 Å². The van der Waals surface area contributed by atoms with Crippen LogP contribution >= 0.6 is 0 Å². The van der Waals surface area contributed by atoms with Gasteiger partial charge in [-0.2, -0.15) is 15.8 Å². The zero-order valence-electron chi connectivity index (χ0n) is 15.3. The van der Waals surface area contributed by atoms with Crippen LogP contribution in [-0.2, 0) is 19.3 Å². The fourth-order valence-electron chi connectivity index (χ4n) is 4.05. The monoisotopic (exact) mass is 337 g/mol. The summed E-state index contributed by atoms with van der Waals surface area (Å²) in [6.07, 6.45) is 2.37. The van der Waals surface area contributed by atoms with Gasteiger partial charge in [-0.1, -0.05) is 39.0 Å². The van der Waals surface area contributed by atoms with Gasteiger partial charge in [0.05, 0.1) is 16.7 Å². The molecule has 0 radical (unpaired) electrons. The minimum atomic E-state index is 0.201. The van der Waals surface area contributed by atoms with Crippen LogP contribution in [0.4, 0.5) is 0 Å². The molecular formula is C23H19N3. The highest BCUT2D eigenvalue weighted by molar-refractivity contribution is 6.08. The Kier molecular flexibility index (Phi) is 4.62. The molecule has 3 heteroatoms. The van der Waals surface area contributed by atoms with Gasteiger partial charge in [-0.15, -0.1) is 0 Å². The Bertz CT molecular complexity index is 1170. The first-order chi connectivity index (χ1) is 12.7. The van der Waals surface area contributed by atoms with E-state index in [2.05, 4.69) is 44.2 Å². The van der Waals surface area contributed by atoms with Gasteiger partial charge in [0.25, 0.3) is 0 Å². The summed E-state index contributed by atoms with van der Waals surface area (Å²) in [5.41, 5.74) is 4.18. The largest absolute Gasteiger partial charge is 0.192 e.